The van der Waals surface area contributed by atoms with Crippen LogP contribution in [0, 0.1) is 13.8 Å². The topological polar surface area (TPSA) is 51.0 Å². The summed E-state index contributed by atoms with van der Waals surface area (Å²) in [6, 6.07) is 6.15. The Morgan fingerprint density at radius 1 is 1.31 bits per heavy atom. The number of halogens is 1. The number of nitrogens with zero attached hydrogens (tertiary/aromatic N) is 2. The Hall–Kier alpha value is -1.36. The van der Waals surface area contributed by atoms with Gasteiger partial charge in [0.25, 0.3) is 0 Å². The van der Waals surface area contributed by atoms with Gasteiger partial charge in [0.15, 0.2) is 0 Å². The molecule has 0 bridgehead atoms. The Balaban J connectivity index is 2.08. The van der Waals surface area contributed by atoms with Crippen molar-refractivity contribution in [1.29, 1.82) is 0 Å². The molecule has 0 aliphatic heterocycles. The second-order valence-corrected chi connectivity index (χ2v) is 4.49. The van der Waals surface area contributed by atoms with Crippen molar-refractivity contribution in [2.75, 3.05) is 5.32 Å². The average Bonchev–Trinajstić information content (AvgIpc) is 2.63. The number of anilines is 1. The minimum Gasteiger partial charge on any atom is -0.378 e. The quantitative estimate of drug-likeness (QED) is 0.940. The van der Waals surface area contributed by atoms with E-state index in [4.69, 9.17) is 0 Å². The molecule has 16 heavy (non-hydrogen) atoms. The third kappa shape index (κ3) is 2.41. The molecule has 5 heteroatoms. The number of hydrogen-bond acceptors (Lipinski definition) is 4. The van der Waals surface area contributed by atoms with E-state index >= 15 is 0 Å². The lowest BCUT2D eigenvalue weighted by Crippen LogP contribution is -2.01. The number of benzene rings is 1. The van der Waals surface area contributed by atoms with Crippen LogP contribution in [-0.4, -0.2) is 10.3 Å². The van der Waals surface area contributed by atoms with E-state index in [1.54, 1.807) is 0 Å². The molecule has 0 radical (unpaired) electrons. The maximum Gasteiger partial charge on any atom is 0.127 e. The van der Waals surface area contributed by atoms with E-state index in [1.807, 2.05) is 13.0 Å². The van der Waals surface area contributed by atoms with Crippen molar-refractivity contribution in [3.63, 3.8) is 0 Å². The van der Waals surface area contributed by atoms with E-state index in [9.17, 15) is 0 Å². The van der Waals surface area contributed by atoms with Gasteiger partial charge in [-0.25, -0.2) is 4.63 Å². The van der Waals surface area contributed by atoms with Crippen LogP contribution in [0.3, 0.4) is 0 Å². The largest absolute Gasteiger partial charge is 0.378 e. The van der Waals surface area contributed by atoms with Gasteiger partial charge in [0.2, 0.25) is 0 Å². The van der Waals surface area contributed by atoms with Crippen LogP contribution in [0.5, 0.6) is 0 Å². The Kier molecular flexibility index (Phi) is 3.24. The molecule has 84 valence electrons. The fourth-order valence-corrected chi connectivity index (χ4v) is 1.99. The lowest BCUT2D eigenvalue weighted by atomic mass is 10.2. The minimum absolute atomic E-state index is 0.608. The molecular weight excluding hydrogens is 270 g/mol. The summed E-state index contributed by atoms with van der Waals surface area (Å²) in [5.41, 5.74) is 3.90. The van der Waals surface area contributed by atoms with Crippen LogP contribution in [0.1, 0.15) is 17.0 Å². The van der Waals surface area contributed by atoms with Gasteiger partial charge in [-0.05, 0) is 47.5 Å². The molecule has 2 aromatic rings. The number of aryl methyl sites for hydroxylation is 2. The Morgan fingerprint density at radius 3 is 2.75 bits per heavy atom. The molecule has 0 atom stereocenters. The molecule has 1 N–H and O–H groups in total. The smallest absolute Gasteiger partial charge is 0.127 e. The van der Waals surface area contributed by atoms with E-state index in [0.717, 1.165) is 21.5 Å². The van der Waals surface area contributed by atoms with Crippen molar-refractivity contribution in [2.45, 2.75) is 20.4 Å². The van der Waals surface area contributed by atoms with E-state index in [1.165, 1.54) is 5.56 Å². The molecule has 0 saturated carbocycles. The van der Waals surface area contributed by atoms with E-state index in [0.29, 0.717) is 6.54 Å². The fourth-order valence-electron chi connectivity index (χ4n) is 1.35. The number of hydrogen-bond donors (Lipinski definition) is 1. The summed E-state index contributed by atoms with van der Waals surface area (Å²) in [6.45, 7) is 4.54. The van der Waals surface area contributed by atoms with Gasteiger partial charge in [0, 0.05) is 10.2 Å². The first-order valence-corrected chi connectivity index (χ1v) is 5.74. The van der Waals surface area contributed by atoms with Gasteiger partial charge < -0.3 is 5.32 Å². The maximum atomic E-state index is 4.63. The van der Waals surface area contributed by atoms with Crippen LogP contribution in [-0.2, 0) is 6.54 Å². The molecule has 1 aromatic heterocycles. The molecule has 0 amide bonds. The van der Waals surface area contributed by atoms with Crippen molar-refractivity contribution >= 4 is 21.6 Å². The molecule has 1 aromatic carbocycles. The molecule has 4 nitrogen and oxygen atoms in total. The van der Waals surface area contributed by atoms with Gasteiger partial charge >= 0.3 is 0 Å². The summed E-state index contributed by atoms with van der Waals surface area (Å²) in [7, 11) is 0. The third-order valence-corrected chi connectivity index (χ3v) is 2.97. The average molecular weight is 282 g/mol. The molecule has 1 heterocycles. The monoisotopic (exact) mass is 281 g/mol. The van der Waals surface area contributed by atoms with Gasteiger partial charge in [0.05, 0.1) is 6.54 Å². The van der Waals surface area contributed by atoms with E-state index in [2.05, 4.69) is 55.2 Å². The molecule has 0 spiro atoms. The minimum atomic E-state index is 0.608. The number of rotatable bonds is 3. The number of nitrogens with one attached hydrogen (secondary N) is 1. The first kappa shape index (κ1) is 11.1. The van der Waals surface area contributed by atoms with Gasteiger partial charge in [-0.3, -0.25) is 0 Å². The van der Waals surface area contributed by atoms with Gasteiger partial charge in [-0.15, -0.1) is 0 Å². The highest BCUT2D eigenvalue weighted by molar-refractivity contribution is 9.10. The first-order valence-electron chi connectivity index (χ1n) is 4.95. The first-order chi connectivity index (χ1) is 7.66. The van der Waals surface area contributed by atoms with Crippen molar-refractivity contribution in [3.8, 4) is 0 Å². The van der Waals surface area contributed by atoms with Crippen LogP contribution in [0.4, 0.5) is 5.69 Å². The molecule has 0 unspecified atom stereocenters. The van der Waals surface area contributed by atoms with Crippen LogP contribution in [0.15, 0.2) is 27.3 Å². The fraction of sp³-hybridized carbons (Fsp3) is 0.273. The Morgan fingerprint density at radius 2 is 2.12 bits per heavy atom. The van der Waals surface area contributed by atoms with Crippen molar-refractivity contribution in [3.05, 3.63) is 39.6 Å². The Bertz CT molecular complexity index is 496. The van der Waals surface area contributed by atoms with Crippen molar-refractivity contribution in [1.82, 2.24) is 10.3 Å². The second kappa shape index (κ2) is 4.65. The zero-order valence-corrected chi connectivity index (χ0v) is 10.7. The van der Waals surface area contributed by atoms with Crippen LogP contribution in [0.25, 0.3) is 0 Å². The van der Waals surface area contributed by atoms with E-state index < -0.39 is 0 Å². The van der Waals surface area contributed by atoms with Crippen molar-refractivity contribution in [2.24, 2.45) is 0 Å². The second-order valence-electron chi connectivity index (χ2n) is 3.63. The molecular formula is C11H12BrN3O. The normalized spacial score (nSPS) is 10.4. The van der Waals surface area contributed by atoms with Gasteiger partial charge in [0.1, 0.15) is 11.4 Å². The van der Waals surface area contributed by atoms with Gasteiger partial charge in [-0.1, -0.05) is 16.4 Å². The molecule has 0 aliphatic carbocycles. The molecule has 0 saturated heterocycles. The summed E-state index contributed by atoms with van der Waals surface area (Å²) in [5.74, 6) is 0. The number of aromatic nitrogens is 2. The lowest BCUT2D eigenvalue weighted by Gasteiger charge is -2.07. The maximum absolute atomic E-state index is 4.63. The molecule has 0 fully saturated rings. The van der Waals surface area contributed by atoms with Gasteiger partial charge in [-0.2, -0.15) is 0 Å². The summed E-state index contributed by atoms with van der Waals surface area (Å²) in [6.07, 6.45) is 0. The lowest BCUT2D eigenvalue weighted by molar-refractivity contribution is 0.301. The Labute approximate surface area is 102 Å². The molecule has 0 aliphatic rings. The SMILES string of the molecule is Cc1ccc(NCc2nonc2C)c(Br)c1. The molecule has 2 rings (SSSR count). The van der Waals surface area contributed by atoms with E-state index in [-0.39, 0.29) is 0 Å². The summed E-state index contributed by atoms with van der Waals surface area (Å²) < 4.78 is 5.67. The summed E-state index contributed by atoms with van der Waals surface area (Å²) in [5, 5.41) is 10.8. The van der Waals surface area contributed by atoms with Crippen molar-refractivity contribution < 1.29 is 4.63 Å². The standard InChI is InChI=1S/C11H12BrN3O/c1-7-3-4-10(9(12)5-7)13-6-11-8(2)14-16-15-11/h3-5,13H,6H2,1-2H3. The van der Waals surface area contributed by atoms with Crippen LogP contribution in [0.2, 0.25) is 0 Å². The highest BCUT2D eigenvalue weighted by Gasteiger charge is 2.05. The third-order valence-electron chi connectivity index (χ3n) is 2.32. The summed E-state index contributed by atoms with van der Waals surface area (Å²) >= 11 is 3.51. The predicted molar refractivity (Wildman–Crippen MR) is 65.2 cm³/mol. The zero-order chi connectivity index (χ0) is 11.5. The van der Waals surface area contributed by atoms with Crippen LogP contribution < -0.4 is 5.32 Å². The predicted octanol–water partition coefficient (Wildman–Crippen LogP) is 3.06. The summed E-state index contributed by atoms with van der Waals surface area (Å²) in [4.78, 5) is 0. The highest BCUT2D eigenvalue weighted by atomic mass is 79.9. The highest BCUT2D eigenvalue weighted by Crippen LogP contribution is 2.23. The van der Waals surface area contributed by atoms with Crippen LogP contribution >= 0.6 is 15.9 Å². The zero-order valence-electron chi connectivity index (χ0n) is 9.12.